The maximum Gasteiger partial charge on any atom is 0.119 e. The first-order valence-corrected chi connectivity index (χ1v) is 7.24. The topological polar surface area (TPSA) is 21.3 Å². The fraction of sp³-hybridized carbons (Fsp3) is 0.250. The van der Waals surface area contributed by atoms with Gasteiger partial charge in [0, 0.05) is 16.6 Å². The molecule has 0 saturated carbocycles. The fourth-order valence-corrected chi connectivity index (χ4v) is 2.31. The summed E-state index contributed by atoms with van der Waals surface area (Å²) >= 11 is 3.60. The van der Waals surface area contributed by atoms with Crippen molar-refractivity contribution >= 4 is 15.9 Å². The van der Waals surface area contributed by atoms with Crippen molar-refractivity contribution in [1.82, 2.24) is 5.32 Å². The van der Waals surface area contributed by atoms with Gasteiger partial charge in [-0.1, -0.05) is 53.2 Å². The van der Waals surface area contributed by atoms with Crippen molar-refractivity contribution in [3.63, 3.8) is 0 Å². The number of hydrogen-bond acceptors (Lipinski definition) is 2. The van der Waals surface area contributed by atoms with E-state index in [0.29, 0.717) is 6.61 Å². The summed E-state index contributed by atoms with van der Waals surface area (Å²) in [5, 5.41) is 3.32. The largest absolute Gasteiger partial charge is 0.489 e. The van der Waals surface area contributed by atoms with Gasteiger partial charge in [-0.3, -0.25) is 0 Å². The fourth-order valence-electron chi connectivity index (χ4n) is 1.76. The first kappa shape index (κ1) is 14.1. The number of para-hydroxylation sites is 1. The lowest BCUT2D eigenvalue weighted by Gasteiger charge is -2.10. The van der Waals surface area contributed by atoms with Crippen LogP contribution in [0.5, 0.6) is 5.75 Å². The van der Waals surface area contributed by atoms with Gasteiger partial charge in [0.2, 0.25) is 0 Å². The molecule has 19 heavy (non-hydrogen) atoms. The second-order valence-corrected chi connectivity index (χ2v) is 5.16. The SMILES string of the molecule is CCNCc1ccc(COc2ccccc2)c(Br)c1. The van der Waals surface area contributed by atoms with E-state index in [0.717, 1.165) is 28.9 Å². The van der Waals surface area contributed by atoms with E-state index in [1.807, 2.05) is 30.3 Å². The summed E-state index contributed by atoms with van der Waals surface area (Å²) in [6.45, 7) is 4.56. The number of rotatable bonds is 6. The Morgan fingerprint density at radius 2 is 1.89 bits per heavy atom. The average Bonchev–Trinajstić information content (AvgIpc) is 2.45. The van der Waals surface area contributed by atoms with Crippen LogP contribution < -0.4 is 10.1 Å². The quantitative estimate of drug-likeness (QED) is 0.864. The average molecular weight is 320 g/mol. The Kier molecular flexibility index (Phi) is 5.43. The van der Waals surface area contributed by atoms with Gasteiger partial charge < -0.3 is 10.1 Å². The van der Waals surface area contributed by atoms with Crippen molar-refractivity contribution in [2.24, 2.45) is 0 Å². The van der Waals surface area contributed by atoms with E-state index >= 15 is 0 Å². The normalized spacial score (nSPS) is 10.4. The molecule has 2 aromatic rings. The van der Waals surface area contributed by atoms with Gasteiger partial charge in [-0.15, -0.1) is 0 Å². The van der Waals surface area contributed by atoms with Crippen LogP contribution in [0.15, 0.2) is 53.0 Å². The third-order valence-corrected chi connectivity index (χ3v) is 3.57. The van der Waals surface area contributed by atoms with Crippen molar-refractivity contribution in [2.75, 3.05) is 6.54 Å². The van der Waals surface area contributed by atoms with Gasteiger partial charge >= 0.3 is 0 Å². The van der Waals surface area contributed by atoms with Gasteiger partial charge in [-0.2, -0.15) is 0 Å². The summed E-state index contributed by atoms with van der Waals surface area (Å²) < 4.78 is 6.84. The standard InChI is InChI=1S/C16H18BrNO/c1-2-18-11-13-8-9-14(16(17)10-13)12-19-15-6-4-3-5-7-15/h3-10,18H,2,11-12H2,1H3. The lowest BCUT2D eigenvalue weighted by molar-refractivity contribution is 0.305. The molecule has 0 radical (unpaired) electrons. The lowest BCUT2D eigenvalue weighted by Crippen LogP contribution is -2.11. The molecule has 0 unspecified atom stereocenters. The zero-order valence-corrected chi connectivity index (χ0v) is 12.6. The zero-order chi connectivity index (χ0) is 13.5. The molecule has 2 aromatic carbocycles. The molecular formula is C16H18BrNO. The second kappa shape index (κ2) is 7.31. The Morgan fingerprint density at radius 3 is 2.58 bits per heavy atom. The Balaban J connectivity index is 1.97. The highest BCUT2D eigenvalue weighted by Crippen LogP contribution is 2.21. The highest BCUT2D eigenvalue weighted by atomic mass is 79.9. The molecule has 2 rings (SSSR count). The molecule has 0 atom stereocenters. The molecule has 0 saturated heterocycles. The molecule has 2 nitrogen and oxygen atoms in total. The molecule has 0 fully saturated rings. The van der Waals surface area contributed by atoms with E-state index in [4.69, 9.17) is 4.74 Å². The smallest absolute Gasteiger partial charge is 0.119 e. The van der Waals surface area contributed by atoms with Crippen LogP contribution in [0.4, 0.5) is 0 Å². The van der Waals surface area contributed by atoms with Gasteiger partial charge in [0.05, 0.1) is 0 Å². The predicted octanol–water partition coefficient (Wildman–Crippen LogP) is 4.14. The number of ether oxygens (including phenoxy) is 1. The summed E-state index contributed by atoms with van der Waals surface area (Å²) in [7, 11) is 0. The molecule has 0 spiro atoms. The Morgan fingerprint density at radius 1 is 1.11 bits per heavy atom. The van der Waals surface area contributed by atoms with E-state index in [1.165, 1.54) is 5.56 Å². The van der Waals surface area contributed by atoms with Crippen LogP contribution >= 0.6 is 15.9 Å². The van der Waals surface area contributed by atoms with Gasteiger partial charge in [0.15, 0.2) is 0 Å². The highest BCUT2D eigenvalue weighted by Gasteiger charge is 2.02. The van der Waals surface area contributed by atoms with Gasteiger partial charge in [-0.25, -0.2) is 0 Å². The monoisotopic (exact) mass is 319 g/mol. The summed E-state index contributed by atoms with van der Waals surface area (Å²) in [6, 6.07) is 16.3. The molecule has 0 aliphatic rings. The Labute approximate surface area is 122 Å². The number of nitrogens with one attached hydrogen (secondary N) is 1. The summed E-state index contributed by atoms with van der Waals surface area (Å²) in [6.07, 6.45) is 0. The van der Waals surface area contributed by atoms with E-state index in [1.54, 1.807) is 0 Å². The van der Waals surface area contributed by atoms with Gasteiger partial charge in [0.1, 0.15) is 12.4 Å². The van der Waals surface area contributed by atoms with Gasteiger partial charge in [0.25, 0.3) is 0 Å². The van der Waals surface area contributed by atoms with E-state index in [9.17, 15) is 0 Å². The van der Waals surface area contributed by atoms with Crippen molar-refractivity contribution in [3.8, 4) is 5.75 Å². The minimum atomic E-state index is 0.575. The second-order valence-electron chi connectivity index (χ2n) is 4.31. The number of benzene rings is 2. The lowest BCUT2D eigenvalue weighted by atomic mass is 10.1. The third kappa shape index (κ3) is 4.37. The molecular weight excluding hydrogens is 302 g/mol. The van der Waals surface area contributed by atoms with Crippen molar-refractivity contribution in [1.29, 1.82) is 0 Å². The van der Waals surface area contributed by atoms with Crippen LogP contribution in [-0.4, -0.2) is 6.54 Å². The maximum atomic E-state index is 5.75. The molecule has 0 aromatic heterocycles. The molecule has 0 aliphatic carbocycles. The highest BCUT2D eigenvalue weighted by molar-refractivity contribution is 9.10. The summed E-state index contributed by atoms with van der Waals surface area (Å²) in [5.74, 6) is 0.895. The number of halogens is 1. The van der Waals surface area contributed by atoms with E-state index < -0.39 is 0 Å². The molecule has 0 heterocycles. The first-order valence-electron chi connectivity index (χ1n) is 6.45. The van der Waals surface area contributed by atoms with Gasteiger partial charge in [-0.05, 0) is 30.3 Å². The van der Waals surface area contributed by atoms with Crippen LogP contribution in [0.25, 0.3) is 0 Å². The first-order chi connectivity index (χ1) is 9.29. The van der Waals surface area contributed by atoms with Crippen LogP contribution in [0.3, 0.4) is 0 Å². The molecule has 0 bridgehead atoms. The zero-order valence-electron chi connectivity index (χ0n) is 11.0. The van der Waals surface area contributed by atoms with Crippen molar-refractivity contribution in [3.05, 3.63) is 64.1 Å². The van der Waals surface area contributed by atoms with Crippen LogP contribution in [0.1, 0.15) is 18.1 Å². The van der Waals surface area contributed by atoms with Crippen LogP contribution in [0, 0.1) is 0 Å². The number of hydrogen-bond donors (Lipinski definition) is 1. The minimum Gasteiger partial charge on any atom is -0.489 e. The molecule has 3 heteroatoms. The van der Waals surface area contributed by atoms with E-state index in [-0.39, 0.29) is 0 Å². The van der Waals surface area contributed by atoms with Crippen molar-refractivity contribution < 1.29 is 4.74 Å². The molecule has 1 N–H and O–H groups in total. The van der Waals surface area contributed by atoms with Crippen molar-refractivity contribution in [2.45, 2.75) is 20.1 Å². The summed E-state index contributed by atoms with van der Waals surface area (Å²) in [5.41, 5.74) is 2.43. The molecule has 0 aliphatic heterocycles. The molecule has 100 valence electrons. The Bertz CT molecular complexity index is 513. The van der Waals surface area contributed by atoms with E-state index in [2.05, 4.69) is 46.4 Å². The van der Waals surface area contributed by atoms with Crippen LogP contribution in [-0.2, 0) is 13.2 Å². The predicted molar refractivity (Wildman–Crippen MR) is 82.3 cm³/mol. The Hall–Kier alpha value is -1.32. The maximum absolute atomic E-state index is 5.75. The minimum absolute atomic E-state index is 0.575. The third-order valence-electron chi connectivity index (χ3n) is 2.83. The van der Waals surface area contributed by atoms with Crippen LogP contribution in [0.2, 0.25) is 0 Å². The molecule has 0 amide bonds. The summed E-state index contributed by atoms with van der Waals surface area (Å²) in [4.78, 5) is 0.